The number of hydrogen-bond acceptors (Lipinski definition) is 3. The fourth-order valence-electron chi connectivity index (χ4n) is 3.49. The third-order valence-corrected chi connectivity index (χ3v) is 5.45. The van der Waals surface area contributed by atoms with Crippen LogP contribution in [0.2, 0.25) is 0 Å². The van der Waals surface area contributed by atoms with E-state index in [2.05, 4.69) is 5.32 Å². The summed E-state index contributed by atoms with van der Waals surface area (Å²) in [6.45, 7) is 7.26. The fraction of sp³-hybridized carbons (Fsp3) is 0.308. The number of benzene rings is 2. The molecule has 0 radical (unpaired) electrons. The number of nitrogens with one attached hydrogen (secondary N) is 1. The van der Waals surface area contributed by atoms with Gasteiger partial charge >= 0.3 is 6.03 Å². The Morgan fingerprint density at radius 2 is 1.69 bits per heavy atom. The molecule has 0 aliphatic heterocycles. The molecule has 0 fully saturated rings. The third-order valence-electron chi connectivity index (χ3n) is 5.45. The second-order valence-corrected chi connectivity index (χ2v) is 7.91. The minimum atomic E-state index is -0.272. The molecule has 3 rings (SSSR count). The highest BCUT2D eigenvalue weighted by molar-refractivity contribution is 5.93. The van der Waals surface area contributed by atoms with E-state index >= 15 is 0 Å². The Hall–Kier alpha value is -3.54. The molecule has 0 atom stereocenters. The zero-order chi connectivity index (χ0) is 22.9. The summed E-state index contributed by atoms with van der Waals surface area (Å²) in [5.41, 5.74) is 3.91. The maximum Gasteiger partial charge on any atom is 0.322 e. The molecule has 0 aliphatic rings. The highest BCUT2D eigenvalue weighted by atomic mass is 16.3. The minimum Gasteiger partial charge on any atom is -0.467 e. The van der Waals surface area contributed by atoms with E-state index in [9.17, 15) is 9.59 Å². The van der Waals surface area contributed by atoms with E-state index < -0.39 is 0 Å². The maximum absolute atomic E-state index is 13.3. The Morgan fingerprint density at radius 1 is 0.906 bits per heavy atom. The van der Waals surface area contributed by atoms with E-state index in [1.54, 1.807) is 16.1 Å². The second-order valence-electron chi connectivity index (χ2n) is 7.91. The van der Waals surface area contributed by atoms with Gasteiger partial charge in [0.2, 0.25) is 5.91 Å². The fourth-order valence-corrected chi connectivity index (χ4v) is 3.49. The van der Waals surface area contributed by atoms with Gasteiger partial charge in [-0.1, -0.05) is 49.4 Å². The molecular formula is C26H31N3O3. The summed E-state index contributed by atoms with van der Waals surface area (Å²) < 4.78 is 5.47. The molecule has 6 nitrogen and oxygen atoms in total. The molecular weight excluding hydrogens is 402 g/mol. The molecule has 32 heavy (non-hydrogen) atoms. The van der Waals surface area contributed by atoms with Crippen molar-refractivity contribution in [3.05, 3.63) is 89.4 Å². The summed E-state index contributed by atoms with van der Waals surface area (Å²) in [5, 5.41) is 2.97. The number of carbonyl (C=O) groups excluding carboxylic acids is 2. The minimum absolute atomic E-state index is 0.00191. The van der Waals surface area contributed by atoms with Gasteiger partial charge in [-0.15, -0.1) is 0 Å². The summed E-state index contributed by atoms with van der Waals surface area (Å²) in [5.74, 6) is 0.575. The van der Waals surface area contributed by atoms with Gasteiger partial charge in [0.05, 0.1) is 12.8 Å². The summed E-state index contributed by atoms with van der Waals surface area (Å²) >= 11 is 0. The summed E-state index contributed by atoms with van der Waals surface area (Å²) in [7, 11) is 0. The van der Waals surface area contributed by atoms with Crippen LogP contribution >= 0.6 is 0 Å². The standard InChI is InChI=1S/C26H31N3O3/c1-4-15-28(26(31)27-24-14-8-10-20(2)21(24)3)19-25(30)29(18-23-13-9-16-32-23)17-22-11-6-5-7-12-22/h5-14,16H,4,15,17-19H2,1-3H3,(H,27,31). The number of furan rings is 1. The maximum atomic E-state index is 13.3. The SMILES string of the molecule is CCCN(CC(=O)N(Cc1ccccc1)Cc1ccco1)C(=O)Nc1cccc(C)c1C. The topological polar surface area (TPSA) is 65.8 Å². The predicted octanol–water partition coefficient (Wildman–Crippen LogP) is 5.37. The first-order chi connectivity index (χ1) is 15.5. The molecule has 1 aromatic heterocycles. The predicted molar refractivity (Wildman–Crippen MR) is 126 cm³/mol. The van der Waals surface area contributed by atoms with Crippen LogP contribution in [0.25, 0.3) is 0 Å². The van der Waals surface area contributed by atoms with Crippen molar-refractivity contribution in [3.63, 3.8) is 0 Å². The van der Waals surface area contributed by atoms with Gasteiger partial charge in [0, 0.05) is 18.8 Å². The molecule has 0 saturated heterocycles. The van der Waals surface area contributed by atoms with Crippen molar-refractivity contribution >= 4 is 17.6 Å². The van der Waals surface area contributed by atoms with Crippen LogP contribution in [-0.2, 0) is 17.9 Å². The molecule has 3 aromatic rings. The average molecular weight is 434 g/mol. The van der Waals surface area contributed by atoms with E-state index in [1.165, 1.54) is 0 Å². The van der Waals surface area contributed by atoms with E-state index in [4.69, 9.17) is 4.42 Å². The van der Waals surface area contributed by atoms with Crippen LogP contribution < -0.4 is 5.32 Å². The second kappa shape index (κ2) is 11.2. The first kappa shape index (κ1) is 23.1. The third kappa shape index (κ3) is 6.23. The number of urea groups is 1. The lowest BCUT2D eigenvalue weighted by molar-refractivity contribution is -0.133. The normalized spacial score (nSPS) is 10.6. The highest BCUT2D eigenvalue weighted by Crippen LogP contribution is 2.19. The number of carbonyl (C=O) groups is 2. The molecule has 0 spiro atoms. The Kier molecular flexibility index (Phi) is 8.08. The number of aryl methyl sites for hydroxylation is 1. The van der Waals surface area contributed by atoms with Crippen LogP contribution in [0.1, 0.15) is 35.8 Å². The largest absolute Gasteiger partial charge is 0.467 e. The van der Waals surface area contributed by atoms with Crippen molar-refractivity contribution in [2.45, 2.75) is 40.3 Å². The Morgan fingerprint density at radius 3 is 2.38 bits per heavy atom. The number of anilines is 1. The molecule has 0 unspecified atom stereocenters. The molecule has 2 aromatic carbocycles. The first-order valence-corrected chi connectivity index (χ1v) is 10.9. The van der Waals surface area contributed by atoms with Crippen molar-refractivity contribution in [1.82, 2.24) is 9.80 Å². The lowest BCUT2D eigenvalue weighted by Crippen LogP contribution is -2.44. The molecule has 0 bridgehead atoms. The van der Waals surface area contributed by atoms with Gasteiger partial charge in [-0.2, -0.15) is 0 Å². The smallest absolute Gasteiger partial charge is 0.322 e. The highest BCUT2D eigenvalue weighted by Gasteiger charge is 2.22. The van der Waals surface area contributed by atoms with Crippen molar-refractivity contribution in [2.75, 3.05) is 18.4 Å². The molecule has 1 N–H and O–H groups in total. The zero-order valence-electron chi connectivity index (χ0n) is 19.0. The van der Waals surface area contributed by atoms with Gasteiger partial charge < -0.3 is 19.5 Å². The number of amides is 3. The lowest BCUT2D eigenvalue weighted by Gasteiger charge is -2.27. The number of hydrogen-bond donors (Lipinski definition) is 1. The van der Waals surface area contributed by atoms with Gasteiger partial charge in [0.15, 0.2) is 0 Å². The van der Waals surface area contributed by atoms with Gasteiger partial charge in [-0.3, -0.25) is 4.79 Å². The van der Waals surface area contributed by atoms with Crippen LogP contribution in [0.5, 0.6) is 0 Å². The Labute approximate surface area is 189 Å². The van der Waals surface area contributed by atoms with Crippen molar-refractivity contribution in [3.8, 4) is 0 Å². The lowest BCUT2D eigenvalue weighted by atomic mass is 10.1. The van der Waals surface area contributed by atoms with Gasteiger partial charge in [0.25, 0.3) is 0 Å². The molecule has 0 saturated carbocycles. The van der Waals surface area contributed by atoms with Gasteiger partial charge in [0.1, 0.15) is 12.3 Å². The van der Waals surface area contributed by atoms with Crippen LogP contribution in [0.3, 0.4) is 0 Å². The quantitative estimate of drug-likeness (QED) is 0.493. The molecule has 1 heterocycles. The molecule has 168 valence electrons. The molecule has 6 heteroatoms. The summed E-state index contributed by atoms with van der Waals surface area (Å²) in [4.78, 5) is 29.6. The van der Waals surface area contributed by atoms with Gasteiger partial charge in [-0.25, -0.2) is 4.79 Å². The van der Waals surface area contributed by atoms with Gasteiger partial charge in [-0.05, 0) is 55.2 Å². The summed E-state index contributed by atoms with van der Waals surface area (Å²) in [6, 6.07) is 19.0. The van der Waals surface area contributed by atoms with E-state index in [0.29, 0.717) is 25.4 Å². The van der Waals surface area contributed by atoms with Crippen molar-refractivity contribution in [2.24, 2.45) is 0 Å². The number of rotatable bonds is 9. The van der Waals surface area contributed by atoms with Crippen LogP contribution in [0, 0.1) is 13.8 Å². The van der Waals surface area contributed by atoms with Crippen molar-refractivity contribution < 1.29 is 14.0 Å². The average Bonchev–Trinajstić information content (AvgIpc) is 3.30. The number of nitrogens with zero attached hydrogens (tertiary/aromatic N) is 2. The monoisotopic (exact) mass is 433 g/mol. The molecule has 0 aliphatic carbocycles. The van der Waals surface area contributed by atoms with Crippen LogP contribution in [0.15, 0.2) is 71.3 Å². The van der Waals surface area contributed by atoms with E-state index in [1.807, 2.05) is 81.4 Å². The molecule has 3 amide bonds. The Bertz CT molecular complexity index is 1020. The first-order valence-electron chi connectivity index (χ1n) is 10.9. The Balaban J connectivity index is 1.74. The van der Waals surface area contributed by atoms with Crippen molar-refractivity contribution in [1.29, 1.82) is 0 Å². The van der Waals surface area contributed by atoms with E-state index in [0.717, 1.165) is 28.8 Å². The summed E-state index contributed by atoms with van der Waals surface area (Å²) in [6.07, 6.45) is 2.35. The van der Waals surface area contributed by atoms with Crippen LogP contribution in [-0.4, -0.2) is 34.8 Å². The van der Waals surface area contributed by atoms with E-state index in [-0.39, 0.29) is 18.5 Å². The van der Waals surface area contributed by atoms with Crippen LogP contribution in [0.4, 0.5) is 10.5 Å². The zero-order valence-corrected chi connectivity index (χ0v) is 19.0.